The minimum absolute atomic E-state index is 0.00466. The molecule has 12 heavy (non-hydrogen) atoms. The fourth-order valence-electron chi connectivity index (χ4n) is 0.233. The van der Waals surface area contributed by atoms with E-state index in [1.165, 1.54) is 0 Å². The average molecular weight is 188 g/mol. The van der Waals surface area contributed by atoms with E-state index in [9.17, 15) is 18.7 Å². The number of aldehydes is 1. The van der Waals surface area contributed by atoms with E-state index in [1.54, 1.807) is 0 Å². The first-order valence-corrected chi connectivity index (χ1v) is 3.66. The number of carbonyl (C=O) groups excluding carboxylic acids is 1. The van der Waals surface area contributed by atoms with E-state index >= 15 is 0 Å². The van der Waals surface area contributed by atoms with Crippen molar-refractivity contribution in [1.29, 1.82) is 0 Å². The van der Waals surface area contributed by atoms with Crippen LogP contribution in [0.25, 0.3) is 0 Å². The van der Waals surface area contributed by atoms with Crippen LogP contribution in [-0.4, -0.2) is 15.0 Å². The lowest BCUT2D eigenvalue weighted by atomic mass is 10.6. The molecular formula is C5H4N2O4S-2. The summed E-state index contributed by atoms with van der Waals surface area (Å²) < 4.78 is 20.2. The third kappa shape index (κ3) is 3.74. The molecule has 7 heteroatoms. The Balaban J connectivity index is 4.42. The Morgan fingerprint density at radius 1 is 1.50 bits per heavy atom. The largest absolute Gasteiger partial charge is 0.876 e. The third-order valence-electron chi connectivity index (χ3n) is 0.685. The van der Waals surface area contributed by atoms with Crippen molar-refractivity contribution in [3.8, 4) is 0 Å². The number of rotatable bonds is 4. The molecule has 0 aromatic heterocycles. The van der Waals surface area contributed by atoms with E-state index in [0.717, 1.165) is 0 Å². The standard InChI is InChI=1S/C5H6N2O4S/c1-4(2-8)6-7-5(3-9)12(10)11/h2-3,9H,1H2,(H,10,11)/p-2/b5-3+,7-6?. The van der Waals surface area contributed by atoms with E-state index in [1.807, 2.05) is 0 Å². The molecule has 0 saturated carbocycles. The van der Waals surface area contributed by atoms with Crippen molar-refractivity contribution in [2.24, 2.45) is 10.2 Å². The van der Waals surface area contributed by atoms with Crippen LogP contribution in [0, 0.1) is 0 Å². The Morgan fingerprint density at radius 2 is 2.08 bits per heavy atom. The molecule has 66 valence electrons. The van der Waals surface area contributed by atoms with Crippen LogP contribution in [0.2, 0.25) is 0 Å². The molecule has 0 aromatic rings. The lowest BCUT2D eigenvalue weighted by Crippen LogP contribution is -1.97. The van der Waals surface area contributed by atoms with Gasteiger partial charge in [-0.3, -0.25) is 9.00 Å². The first-order chi connectivity index (χ1) is 5.61. The number of hydrogen-bond acceptors (Lipinski definition) is 6. The van der Waals surface area contributed by atoms with E-state index in [2.05, 4.69) is 16.8 Å². The Hall–Kier alpha value is -1.34. The fraction of sp³-hybridized carbons (Fsp3) is 0. The average Bonchev–Trinajstić information content (AvgIpc) is 2.04. The summed E-state index contributed by atoms with van der Waals surface area (Å²) in [5, 5.41) is 15.1. The van der Waals surface area contributed by atoms with Gasteiger partial charge in [-0.1, -0.05) is 6.58 Å². The van der Waals surface area contributed by atoms with Gasteiger partial charge in [-0.05, 0) is 11.1 Å². The molecule has 0 bridgehead atoms. The van der Waals surface area contributed by atoms with Crippen LogP contribution in [-0.2, 0) is 15.9 Å². The highest BCUT2D eigenvalue weighted by Crippen LogP contribution is 2.01. The quantitative estimate of drug-likeness (QED) is 0.189. The Labute approximate surface area is 70.6 Å². The molecule has 0 spiro atoms. The number of allylic oxidation sites excluding steroid dienone is 1. The Bertz CT molecular complexity index is 271. The summed E-state index contributed by atoms with van der Waals surface area (Å²) in [6, 6.07) is 0. The van der Waals surface area contributed by atoms with Gasteiger partial charge in [0.15, 0.2) is 6.29 Å². The summed E-state index contributed by atoms with van der Waals surface area (Å²) in [6.45, 7) is 3.08. The van der Waals surface area contributed by atoms with Gasteiger partial charge in [0, 0.05) is 0 Å². The van der Waals surface area contributed by atoms with Crippen LogP contribution in [0.5, 0.6) is 0 Å². The van der Waals surface area contributed by atoms with E-state index in [-0.39, 0.29) is 18.2 Å². The molecule has 0 aliphatic rings. The van der Waals surface area contributed by atoms with Gasteiger partial charge in [-0.2, -0.15) is 0 Å². The van der Waals surface area contributed by atoms with Gasteiger partial charge >= 0.3 is 0 Å². The van der Waals surface area contributed by atoms with Crippen molar-refractivity contribution in [3.05, 3.63) is 23.6 Å². The van der Waals surface area contributed by atoms with Crippen LogP contribution in [0.4, 0.5) is 0 Å². The van der Waals surface area contributed by atoms with E-state index in [0.29, 0.717) is 0 Å². The Morgan fingerprint density at radius 3 is 2.42 bits per heavy atom. The highest BCUT2D eigenvalue weighted by Gasteiger charge is 1.90. The van der Waals surface area contributed by atoms with Gasteiger partial charge in [0.1, 0.15) is 10.7 Å². The molecule has 1 atom stereocenters. The monoisotopic (exact) mass is 188 g/mol. The fourth-order valence-corrected chi connectivity index (χ4v) is 0.419. The second-order valence-electron chi connectivity index (χ2n) is 1.50. The topological polar surface area (TPSA) is 105 Å². The molecule has 0 aliphatic heterocycles. The van der Waals surface area contributed by atoms with Crippen LogP contribution in [0.15, 0.2) is 33.8 Å². The highest BCUT2D eigenvalue weighted by atomic mass is 32.2. The predicted octanol–water partition coefficient (Wildman–Crippen LogP) is -0.810. The minimum atomic E-state index is -2.74. The molecule has 0 aliphatic carbocycles. The molecular weight excluding hydrogens is 184 g/mol. The number of carbonyl (C=O) groups is 1. The summed E-state index contributed by atoms with van der Waals surface area (Å²) in [6.07, 6.45) is 0.282. The maximum Gasteiger partial charge on any atom is 0.169 e. The summed E-state index contributed by atoms with van der Waals surface area (Å²) in [7, 11) is 0. The SMILES string of the molecule is C=C(C=O)N=N/C(=C\[O-])S(=O)[O-]. The number of azo groups is 1. The highest BCUT2D eigenvalue weighted by molar-refractivity contribution is 7.83. The zero-order valence-electron chi connectivity index (χ0n) is 5.80. The Kier molecular flexibility index (Phi) is 4.73. The van der Waals surface area contributed by atoms with Gasteiger partial charge in [0.25, 0.3) is 0 Å². The van der Waals surface area contributed by atoms with Crippen molar-refractivity contribution < 1.29 is 18.7 Å². The molecule has 0 N–H and O–H groups in total. The summed E-state index contributed by atoms with van der Waals surface area (Å²) in [4.78, 5) is 9.87. The van der Waals surface area contributed by atoms with Crippen molar-refractivity contribution in [1.82, 2.24) is 0 Å². The molecule has 1 unspecified atom stereocenters. The molecule has 6 nitrogen and oxygen atoms in total. The van der Waals surface area contributed by atoms with Crippen LogP contribution in [0.3, 0.4) is 0 Å². The van der Waals surface area contributed by atoms with Crippen molar-refractivity contribution in [2.45, 2.75) is 0 Å². The second-order valence-corrected chi connectivity index (χ2v) is 2.39. The first kappa shape index (κ1) is 10.7. The molecule has 0 amide bonds. The minimum Gasteiger partial charge on any atom is -0.876 e. The molecule has 0 aromatic carbocycles. The molecule has 0 saturated heterocycles. The summed E-state index contributed by atoms with van der Waals surface area (Å²) >= 11 is -2.74. The molecule has 0 heterocycles. The van der Waals surface area contributed by atoms with Gasteiger partial charge in [0.05, 0.1) is 0 Å². The van der Waals surface area contributed by atoms with Gasteiger partial charge in [-0.15, -0.1) is 16.5 Å². The first-order valence-electron chi connectivity index (χ1n) is 2.59. The van der Waals surface area contributed by atoms with Gasteiger partial charge in [0.2, 0.25) is 0 Å². The van der Waals surface area contributed by atoms with Gasteiger partial charge < -0.3 is 9.66 Å². The zero-order valence-corrected chi connectivity index (χ0v) is 6.61. The van der Waals surface area contributed by atoms with Gasteiger partial charge in [-0.25, -0.2) is 0 Å². The summed E-state index contributed by atoms with van der Waals surface area (Å²) in [5.41, 5.74) is -0.264. The normalized spacial score (nSPS) is 14.6. The maximum atomic E-state index is 10.1. The molecule has 0 fully saturated rings. The maximum absolute atomic E-state index is 10.1. The van der Waals surface area contributed by atoms with Crippen LogP contribution < -0.4 is 5.11 Å². The smallest absolute Gasteiger partial charge is 0.169 e. The lowest BCUT2D eigenvalue weighted by molar-refractivity contribution is -0.275. The van der Waals surface area contributed by atoms with Crippen molar-refractivity contribution in [2.75, 3.05) is 0 Å². The second kappa shape index (κ2) is 5.33. The zero-order chi connectivity index (χ0) is 9.56. The summed E-state index contributed by atoms with van der Waals surface area (Å²) in [5.74, 6) is 0. The predicted molar refractivity (Wildman–Crippen MR) is 37.1 cm³/mol. The lowest BCUT2D eigenvalue weighted by Gasteiger charge is -2.04. The van der Waals surface area contributed by atoms with Crippen molar-refractivity contribution >= 4 is 17.4 Å². The number of hydrogen-bond donors (Lipinski definition) is 0. The third-order valence-corrected chi connectivity index (χ3v) is 1.20. The van der Waals surface area contributed by atoms with Crippen LogP contribution >= 0.6 is 0 Å². The van der Waals surface area contributed by atoms with Crippen molar-refractivity contribution in [3.63, 3.8) is 0 Å². The number of nitrogens with zero attached hydrogens (tertiary/aromatic N) is 2. The van der Waals surface area contributed by atoms with E-state index < -0.39 is 16.1 Å². The van der Waals surface area contributed by atoms with E-state index in [4.69, 9.17) is 0 Å². The van der Waals surface area contributed by atoms with Crippen LogP contribution in [0.1, 0.15) is 0 Å². The molecule has 0 rings (SSSR count). The molecule has 0 radical (unpaired) electrons.